The number of pyridine rings is 1. The minimum atomic E-state index is -0.0000676. The zero-order valence-electron chi connectivity index (χ0n) is 19.7. The van der Waals surface area contributed by atoms with E-state index in [2.05, 4.69) is 33.5 Å². The molecule has 0 atom stereocenters. The number of likely N-dealkylation sites (tertiary alicyclic amines) is 1. The van der Waals surface area contributed by atoms with Crippen molar-refractivity contribution < 1.29 is 14.1 Å². The van der Waals surface area contributed by atoms with Crippen LogP contribution in [0.25, 0.3) is 33.3 Å². The van der Waals surface area contributed by atoms with Gasteiger partial charge < -0.3 is 19.1 Å². The monoisotopic (exact) mass is 466 g/mol. The van der Waals surface area contributed by atoms with Crippen LogP contribution in [0.3, 0.4) is 0 Å². The standard InChI is InChI=1S/C28H26N4O3/c1-17-26-22(15-25(30-27(26)35-31-17)19-6-4-3-5-7-19)28(33)32-12-10-18(11-13-32)23-16-29-24-9-8-20(34-2)14-21(23)24/h3-9,14-16,18,29H,10-13H2,1-2H3. The van der Waals surface area contributed by atoms with Gasteiger partial charge >= 0.3 is 0 Å². The van der Waals surface area contributed by atoms with Crippen molar-refractivity contribution in [1.29, 1.82) is 0 Å². The fourth-order valence-electron chi connectivity index (χ4n) is 5.17. The Hall–Kier alpha value is -4.13. The van der Waals surface area contributed by atoms with Crippen LogP contribution in [0.5, 0.6) is 5.75 Å². The molecule has 7 heteroatoms. The van der Waals surface area contributed by atoms with Gasteiger partial charge in [0.05, 0.1) is 29.4 Å². The number of aryl methyl sites for hydroxylation is 1. The van der Waals surface area contributed by atoms with Crippen LogP contribution in [-0.4, -0.2) is 46.1 Å². The maximum atomic E-state index is 13.7. The van der Waals surface area contributed by atoms with E-state index in [-0.39, 0.29) is 5.91 Å². The number of carbonyl (C=O) groups excluding carboxylic acids is 1. The molecule has 4 heterocycles. The van der Waals surface area contributed by atoms with E-state index in [1.807, 2.05) is 54.3 Å². The zero-order chi connectivity index (χ0) is 23.9. The Morgan fingerprint density at radius 2 is 1.91 bits per heavy atom. The number of nitrogens with zero attached hydrogens (tertiary/aromatic N) is 3. The number of nitrogens with one attached hydrogen (secondary N) is 1. The topological polar surface area (TPSA) is 84.2 Å². The second-order valence-electron chi connectivity index (χ2n) is 9.09. The van der Waals surface area contributed by atoms with E-state index in [9.17, 15) is 4.79 Å². The summed E-state index contributed by atoms with van der Waals surface area (Å²) in [7, 11) is 1.69. The van der Waals surface area contributed by atoms with Gasteiger partial charge in [-0.1, -0.05) is 35.5 Å². The molecule has 1 amide bonds. The third-order valence-electron chi connectivity index (χ3n) is 7.06. The maximum Gasteiger partial charge on any atom is 0.259 e. The first-order chi connectivity index (χ1) is 17.1. The van der Waals surface area contributed by atoms with Gasteiger partial charge in [-0.25, -0.2) is 4.98 Å². The number of hydrogen-bond donors (Lipinski definition) is 1. The Labute approximate surface area is 202 Å². The van der Waals surface area contributed by atoms with E-state index in [4.69, 9.17) is 9.26 Å². The number of carbonyl (C=O) groups is 1. The lowest BCUT2D eigenvalue weighted by atomic mass is 9.89. The van der Waals surface area contributed by atoms with E-state index >= 15 is 0 Å². The molecule has 1 N–H and O–H groups in total. The average molecular weight is 467 g/mol. The highest BCUT2D eigenvalue weighted by atomic mass is 16.5. The van der Waals surface area contributed by atoms with Gasteiger partial charge in [0.15, 0.2) is 0 Å². The molecule has 5 aromatic rings. The molecule has 0 spiro atoms. The van der Waals surface area contributed by atoms with Crippen LogP contribution in [0.15, 0.2) is 65.3 Å². The number of aromatic amines is 1. The molecular weight excluding hydrogens is 440 g/mol. The molecule has 1 aliphatic rings. The Bertz CT molecular complexity index is 1530. The highest BCUT2D eigenvalue weighted by molar-refractivity contribution is 6.07. The molecule has 3 aromatic heterocycles. The first-order valence-electron chi connectivity index (χ1n) is 11.9. The normalized spacial score (nSPS) is 14.6. The number of methoxy groups -OCH3 is 1. The summed E-state index contributed by atoms with van der Waals surface area (Å²) in [5, 5.41) is 5.97. The Kier molecular flexibility index (Phi) is 5.25. The van der Waals surface area contributed by atoms with Gasteiger partial charge in [-0.05, 0) is 55.5 Å². The van der Waals surface area contributed by atoms with Crippen molar-refractivity contribution in [2.24, 2.45) is 0 Å². The minimum absolute atomic E-state index is 0.0000676. The van der Waals surface area contributed by atoms with Crippen molar-refractivity contribution in [3.05, 3.63) is 77.6 Å². The van der Waals surface area contributed by atoms with Crippen LogP contribution in [-0.2, 0) is 0 Å². The first-order valence-corrected chi connectivity index (χ1v) is 11.9. The molecule has 7 nitrogen and oxygen atoms in total. The Balaban J connectivity index is 1.28. The predicted molar refractivity (Wildman–Crippen MR) is 135 cm³/mol. The molecule has 0 saturated carbocycles. The number of H-pyrrole nitrogens is 1. The zero-order valence-corrected chi connectivity index (χ0v) is 19.7. The van der Waals surface area contributed by atoms with E-state index in [0.717, 1.165) is 29.7 Å². The van der Waals surface area contributed by atoms with Crippen LogP contribution in [0.4, 0.5) is 0 Å². The molecule has 0 radical (unpaired) electrons. The molecular formula is C28H26N4O3. The van der Waals surface area contributed by atoms with Crippen LogP contribution in [0, 0.1) is 6.92 Å². The summed E-state index contributed by atoms with van der Waals surface area (Å²) < 4.78 is 10.9. The van der Waals surface area contributed by atoms with Gasteiger partial charge in [0.2, 0.25) is 0 Å². The van der Waals surface area contributed by atoms with Gasteiger partial charge in [-0.15, -0.1) is 0 Å². The summed E-state index contributed by atoms with van der Waals surface area (Å²) in [6.45, 7) is 3.23. The quantitative estimate of drug-likeness (QED) is 0.367. The third kappa shape index (κ3) is 3.73. The first kappa shape index (κ1) is 21.4. The Morgan fingerprint density at radius 1 is 1.11 bits per heavy atom. The average Bonchev–Trinajstić information content (AvgIpc) is 3.51. The summed E-state index contributed by atoms with van der Waals surface area (Å²) in [5.41, 5.74) is 5.72. The van der Waals surface area contributed by atoms with Crippen LogP contribution in [0.1, 0.15) is 40.4 Å². The van der Waals surface area contributed by atoms with Crippen LogP contribution in [0.2, 0.25) is 0 Å². The summed E-state index contributed by atoms with van der Waals surface area (Å²) in [6, 6.07) is 17.8. The highest BCUT2D eigenvalue weighted by Crippen LogP contribution is 2.36. The molecule has 0 unspecified atom stereocenters. The second-order valence-corrected chi connectivity index (χ2v) is 9.09. The molecule has 35 heavy (non-hydrogen) atoms. The van der Waals surface area contributed by atoms with Gasteiger partial charge in [0, 0.05) is 35.8 Å². The summed E-state index contributed by atoms with van der Waals surface area (Å²) in [5.74, 6) is 1.24. The number of hydrogen-bond acceptors (Lipinski definition) is 5. The summed E-state index contributed by atoms with van der Waals surface area (Å²) in [4.78, 5) is 23.7. The van der Waals surface area contributed by atoms with Crippen molar-refractivity contribution in [2.45, 2.75) is 25.7 Å². The molecule has 2 aromatic carbocycles. The maximum absolute atomic E-state index is 13.7. The van der Waals surface area contributed by atoms with Gasteiger partial charge in [-0.2, -0.15) is 0 Å². The highest BCUT2D eigenvalue weighted by Gasteiger charge is 2.29. The van der Waals surface area contributed by atoms with Crippen molar-refractivity contribution >= 4 is 27.9 Å². The number of rotatable bonds is 4. The summed E-state index contributed by atoms with van der Waals surface area (Å²) in [6.07, 6.45) is 3.90. The van der Waals surface area contributed by atoms with Gasteiger partial charge in [0.1, 0.15) is 5.75 Å². The van der Waals surface area contributed by atoms with E-state index in [1.165, 1.54) is 10.9 Å². The third-order valence-corrected chi connectivity index (χ3v) is 7.06. The number of aromatic nitrogens is 3. The predicted octanol–water partition coefficient (Wildman–Crippen LogP) is 5.71. The van der Waals surface area contributed by atoms with Gasteiger partial charge in [0.25, 0.3) is 11.6 Å². The van der Waals surface area contributed by atoms with Crippen molar-refractivity contribution in [3.8, 4) is 17.0 Å². The molecule has 6 rings (SSSR count). The second kappa shape index (κ2) is 8.58. The molecule has 1 aliphatic heterocycles. The number of benzene rings is 2. The number of fused-ring (bicyclic) bond motifs is 2. The largest absolute Gasteiger partial charge is 0.497 e. The van der Waals surface area contributed by atoms with Gasteiger partial charge in [-0.3, -0.25) is 4.79 Å². The Morgan fingerprint density at radius 3 is 2.69 bits per heavy atom. The minimum Gasteiger partial charge on any atom is -0.497 e. The van der Waals surface area contributed by atoms with Crippen molar-refractivity contribution in [2.75, 3.05) is 20.2 Å². The van der Waals surface area contributed by atoms with Crippen molar-refractivity contribution in [3.63, 3.8) is 0 Å². The molecule has 0 bridgehead atoms. The van der Waals surface area contributed by atoms with Crippen LogP contribution >= 0.6 is 0 Å². The fraction of sp³-hybridized carbons (Fsp3) is 0.250. The SMILES string of the molecule is COc1ccc2[nH]cc(C3CCN(C(=O)c4cc(-c5ccccc5)nc5onc(C)c45)CC3)c2c1. The molecule has 0 aliphatic carbocycles. The number of amides is 1. The number of ether oxygens (including phenoxy) is 1. The van der Waals surface area contributed by atoms with Crippen molar-refractivity contribution in [1.82, 2.24) is 20.0 Å². The molecule has 176 valence electrons. The summed E-state index contributed by atoms with van der Waals surface area (Å²) >= 11 is 0. The molecule has 1 fully saturated rings. The molecule has 1 saturated heterocycles. The van der Waals surface area contributed by atoms with E-state index < -0.39 is 0 Å². The lowest BCUT2D eigenvalue weighted by Crippen LogP contribution is -2.38. The van der Waals surface area contributed by atoms with E-state index in [0.29, 0.717) is 47.1 Å². The lowest BCUT2D eigenvalue weighted by Gasteiger charge is -2.32. The smallest absolute Gasteiger partial charge is 0.259 e. The van der Waals surface area contributed by atoms with Crippen LogP contribution < -0.4 is 4.74 Å². The number of piperidine rings is 1. The fourth-order valence-corrected chi connectivity index (χ4v) is 5.17. The lowest BCUT2D eigenvalue weighted by molar-refractivity contribution is 0.0715. The van der Waals surface area contributed by atoms with E-state index in [1.54, 1.807) is 7.11 Å².